The topological polar surface area (TPSA) is 101 Å². The number of hydrogen-bond donors (Lipinski definition) is 1. The van der Waals surface area contributed by atoms with E-state index in [1.165, 1.54) is 5.56 Å². The number of nitrogens with one attached hydrogen (secondary N) is 1. The molecule has 2 aliphatic heterocycles. The molecule has 5 aromatic rings. The number of fused-ring (bicyclic) bond motifs is 2. The highest BCUT2D eigenvalue weighted by Gasteiger charge is 2.33. The molecular weight excluding hydrogens is 530 g/mol. The summed E-state index contributed by atoms with van der Waals surface area (Å²) in [6.45, 7) is 8.93. The van der Waals surface area contributed by atoms with Crippen LogP contribution in [0.4, 0.5) is 0 Å². The summed E-state index contributed by atoms with van der Waals surface area (Å²) < 4.78 is 12.9. The van der Waals surface area contributed by atoms with Gasteiger partial charge in [-0.25, -0.2) is 4.68 Å². The third kappa shape index (κ3) is 5.15. The van der Waals surface area contributed by atoms with Gasteiger partial charge in [-0.15, -0.1) is 5.10 Å². The minimum Gasteiger partial charge on any atom is -0.454 e. The molecule has 10 heteroatoms. The molecule has 0 amide bonds. The van der Waals surface area contributed by atoms with Crippen LogP contribution in [0.25, 0.3) is 10.9 Å². The van der Waals surface area contributed by atoms with Crippen molar-refractivity contribution in [3.8, 4) is 11.5 Å². The van der Waals surface area contributed by atoms with Crippen LogP contribution in [0.3, 0.4) is 0 Å². The Balaban J connectivity index is 1.21. The third-order valence-corrected chi connectivity index (χ3v) is 8.21. The number of piperazine rings is 1. The lowest BCUT2D eigenvalue weighted by atomic mass is 10.00. The first-order valence-electron chi connectivity index (χ1n) is 14.3. The molecule has 0 aliphatic carbocycles. The van der Waals surface area contributed by atoms with Crippen molar-refractivity contribution in [3.63, 3.8) is 0 Å². The van der Waals surface area contributed by atoms with Gasteiger partial charge in [-0.1, -0.05) is 48.0 Å². The van der Waals surface area contributed by atoms with Gasteiger partial charge in [-0.2, -0.15) is 0 Å². The van der Waals surface area contributed by atoms with Crippen LogP contribution in [0.15, 0.2) is 71.5 Å². The smallest absolute Gasteiger partial charge is 0.253 e. The SMILES string of the molecule is Cc1cc(C)c2[nH]c(=O)c(C(c3nnnn3Cc3ccccc3)N3CCN(Cc4ccc5c(c4)OCO5)CC3)cc2c1. The second-order valence-corrected chi connectivity index (χ2v) is 11.2. The maximum absolute atomic E-state index is 13.7. The molecule has 0 spiro atoms. The van der Waals surface area contributed by atoms with Crippen molar-refractivity contribution < 1.29 is 9.47 Å². The fourth-order valence-electron chi connectivity index (χ4n) is 6.16. The van der Waals surface area contributed by atoms with Gasteiger partial charge in [0.25, 0.3) is 5.56 Å². The first kappa shape index (κ1) is 26.4. The number of benzene rings is 3. The number of aromatic amines is 1. The van der Waals surface area contributed by atoms with Crippen LogP contribution in [0.1, 0.15) is 39.7 Å². The summed E-state index contributed by atoms with van der Waals surface area (Å²) in [5.41, 5.74) is 5.89. The zero-order valence-electron chi connectivity index (χ0n) is 23.8. The molecule has 2 aliphatic rings. The highest BCUT2D eigenvalue weighted by atomic mass is 16.7. The summed E-state index contributed by atoms with van der Waals surface area (Å²) in [4.78, 5) is 21.7. The van der Waals surface area contributed by atoms with Crippen molar-refractivity contribution in [1.29, 1.82) is 0 Å². The molecule has 1 saturated heterocycles. The van der Waals surface area contributed by atoms with Crippen LogP contribution < -0.4 is 15.0 Å². The van der Waals surface area contributed by atoms with Crippen LogP contribution in [0, 0.1) is 13.8 Å². The van der Waals surface area contributed by atoms with Crippen LogP contribution in [0.2, 0.25) is 0 Å². The van der Waals surface area contributed by atoms with Crippen molar-refractivity contribution >= 4 is 10.9 Å². The van der Waals surface area contributed by atoms with E-state index in [1.54, 1.807) is 0 Å². The first-order chi connectivity index (χ1) is 20.5. The van der Waals surface area contributed by atoms with Gasteiger partial charge in [-0.05, 0) is 70.6 Å². The highest BCUT2D eigenvalue weighted by Crippen LogP contribution is 2.33. The van der Waals surface area contributed by atoms with Gasteiger partial charge in [-0.3, -0.25) is 14.6 Å². The second-order valence-electron chi connectivity index (χ2n) is 11.2. The molecule has 3 aromatic carbocycles. The molecule has 2 aromatic heterocycles. The Morgan fingerprint density at radius 3 is 2.52 bits per heavy atom. The molecule has 0 saturated carbocycles. The zero-order valence-corrected chi connectivity index (χ0v) is 23.8. The van der Waals surface area contributed by atoms with Crippen molar-refractivity contribution in [1.82, 2.24) is 35.0 Å². The molecule has 42 heavy (non-hydrogen) atoms. The van der Waals surface area contributed by atoms with E-state index in [-0.39, 0.29) is 12.4 Å². The molecule has 214 valence electrons. The van der Waals surface area contributed by atoms with E-state index in [9.17, 15) is 4.79 Å². The second kappa shape index (κ2) is 11.0. The standard InChI is InChI=1S/C32H33N7O3/c1-21-14-22(2)29-25(15-21)17-26(32(40)33-29)30(31-34-35-36-39(31)19-23-6-4-3-5-7-23)38-12-10-37(11-13-38)18-24-8-9-27-28(16-24)42-20-41-27/h3-9,14-17,30H,10-13,18-20H2,1-2H3,(H,33,40). The summed E-state index contributed by atoms with van der Waals surface area (Å²) in [7, 11) is 0. The molecular formula is C32H33N7O3. The Morgan fingerprint density at radius 2 is 1.69 bits per heavy atom. The molecule has 7 rings (SSSR count). The Morgan fingerprint density at radius 1 is 0.881 bits per heavy atom. The lowest BCUT2D eigenvalue weighted by Gasteiger charge is -2.38. The summed E-state index contributed by atoms with van der Waals surface area (Å²) in [5, 5.41) is 13.9. The largest absolute Gasteiger partial charge is 0.454 e. The van der Waals surface area contributed by atoms with Crippen LogP contribution >= 0.6 is 0 Å². The lowest BCUT2D eigenvalue weighted by molar-refractivity contribution is 0.0998. The maximum Gasteiger partial charge on any atom is 0.253 e. The normalized spacial score (nSPS) is 16.2. The van der Waals surface area contributed by atoms with E-state index in [1.807, 2.05) is 41.9 Å². The lowest BCUT2D eigenvalue weighted by Crippen LogP contribution is -2.48. The van der Waals surface area contributed by atoms with E-state index >= 15 is 0 Å². The number of ether oxygens (including phenoxy) is 2. The average Bonchev–Trinajstić information content (AvgIpc) is 3.65. The van der Waals surface area contributed by atoms with Gasteiger partial charge in [0, 0.05) is 38.3 Å². The monoisotopic (exact) mass is 563 g/mol. The molecule has 0 bridgehead atoms. The van der Waals surface area contributed by atoms with Gasteiger partial charge in [0.05, 0.1) is 12.1 Å². The number of nitrogens with zero attached hydrogens (tertiary/aromatic N) is 6. The zero-order chi connectivity index (χ0) is 28.6. The number of aryl methyl sites for hydroxylation is 2. The summed E-state index contributed by atoms with van der Waals surface area (Å²) >= 11 is 0. The molecule has 0 radical (unpaired) electrons. The maximum atomic E-state index is 13.7. The summed E-state index contributed by atoms with van der Waals surface area (Å²) in [6, 6.07) is 22.1. The minimum atomic E-state index is -0.398. The molecule has 10 nitrogen and oxygen atoms in total. The molecule has 1 N–H and O–H groups in total. The first-order valence-corrected chi connectivity index (χ1v) is 14.3. The summed E-state index contributed by atoms with van der Waals surface area (Å²) in [6.07, 6.45) is 0. The van der Waals surface area contributed by atoms with E-state index in [0.717, 1.165) is 71.8 Å². The minimum absolute atomic E-state index is 0.114. The molecule has 1 atom stereocenters. The fraction of sp³-hybridized carbons (Fsp3) is 0.312. The van der Waals surface area contributed by atoms with E-state index in [2.05, 4.69) is 73.6 Å². The molecule has 1 unspecified atom stereocenters. The molecule has 1 fully saturated rings. The number of pyridine rings is 1. The van der Waals surface area contributed by atoms with E-state index in [4.69, 9.17) is 9.47 Å². The van der Waals surface area contributed by atoms with E-state index < -0.39 is 6.04 Å². The number of aromatic nitrogens is 5. The quantitative estimate of drug-likeness (QED) is 0.319. The van der Waals surface area contributed by atoms with Crippen LogP contribution in [-0.2, 0) is 13.1 Å². The van der Waals surface area contributed by atoms with Crippen molar-refractivity contribution in [2.45, 2.75) is 33.0 Å². The van der Waals surface area contributed by atoms with Crippen molar-refractivity contribution in [2.24, 2.45) is 0 Å². The van der Waals surface area contributed by atoms with Crippen LogP contribution in [0.5, 0.6) is 11.5 Å². The number of H-pyrrole nitrogens is 1. The number of tetrazole rings is 1. The number of rotatable bonds is 7. The summed E-state index contributed by atoms with van der Waals surface area (Å²) in [5.74, 6) is 2.26. The van der Waals surface area contributed by atoms with Gasteiger partial charge in [0.15, 0.2) is 17.3 Å². The Kier molecular flexibility index (Phi) is 6.93. The predicted octanol–water partition coefficient (Wildman–Crippen LogP) is 3.82. The fourth-order valence-corrected chi connectivity index (χ4v) is 6.16. The highest BCUT2D eigenvalue weighted by molar-refractivity contribution is 5.83. The Bertz CT molecular complexity index is 1790. The number of hydrogen-bond acceptors (Lipinski definition) is 8. The van der Waals surface area contributed by atoms with Crippen molar-refractivity contribution in [2.75, 3.05) is 33.0 Å². The van der Waals surface area contributed by atoms with Crippen molar-refractivity contribution in [3.05, 3.63) is 111 Å². The average molecular weight is 564 g/mol. The van der Waals surface area contributed by atoms with Gasteiger partial charge in [0.2, 0.25) is 6.79 Å². The van der Waals surface area contributed by atoms with Gasteiger partial charge >= 0.3 is 0 Å². The van der Waals surface area contributed by atoms with Gasteiger partial charge in [0.1, 0.15) is 6.04 Å². The Hall–Kier alpha value is -4.54. The van der Waals surface area contributed by atoms with E-state index in [0.29, 0.717) is 17.9 Å². The Labute approximate surface area is 243 Å². The molecule has 4 heterocycles. The van der Waals surface area contributed by atoms with Crippen LogP contribution in [-0.4, -0.2) is 68.0 Å². The van der Waals surface area contributed by atoms with Gasteiger partial charge < -0.3 is 14.5 Å². The predicted molar refractivity (Wildman–Crippen MR) is 159 cm³/mol. The third-order valence-electron chi connectivity index (χ3n) is 8.21.